The molecule has 0 N–H and O–H groups in total. The van der Waals surface area contributed by atoms with Crippen molar-refractivity contribution in [2.24, 2.45) is 5.10 Å². The lowest BCUT2D eigenvalue weighted by molar-refractivity contribution is 0.536. The Kier molecular flexibility index (Phi) is 4.13. The summed E-state index contributed by atoms with van der Waals surface area (Å²) >= 11 is -2.06. The third-order valence-electron chi connectivity index (χ3n) is 3.50. The van der Waals surface area contributed by atoms with E-state index in [1.54, 1.807) is 0 Å². The van der Waals surface area contributed by atoms with E-state index in [-0.39, 0.29) is 11.8 Å². The Hall–Kier alpha value is -1.98. The predicted octanol–water partition coefficient (Wildman–Crippen LogP) is 3.00. The minimum Gasteiger partial charge on any atom is -0.772 e. The van der Waals surface area contributed by atoms with Gasteiger partial charge in [0.1, 0.15) is 0 Å². The van der Waals surface area contributed by atoms with Gasteiger partial charge in [0, 0.05) is 18.4 Å². The molecule has 108 valence electrons. The van der Waals surface area contributed by atoms with Gasteiger partial charge in [0.15, 0.2) is 0 Å². The number of rotatable bonds is 4. The average molecular weight is 299 g/mol. The molecule has 0 aromatic heterocycles. The Morgan fingerprint density at radius 2 is 1.86 bits per heavy atom. The van der Waals surface area contributed by atoms with E-state index in [2.05, 4.69) is 17.2 Å². The van der Waals surface area contributed by atoms with Crippen LogP contribution in [0.4, 0.5) is 5.69 Å². The zero-order valence-electron chi connectivity index (χ0n) is 11.4. The van der Waals surface area contributed by atoms with Crippen molar-refractivity contribution in [3.8, 4) is 0 Å². The van der Waals surface area contributed by atoms with Gasteiger partial charge in [-0.05, 0) is 23.3 Å². The Labute approximate surface area is 126 Å². The molecule has 4 nitrogen and oxygen atoms in total. The monoisotopic (exact) mass is 299 g/mol. The SMILES string of the molecule is O=S([O-])Cc1ccc(N2N=CCC2c2ccccc2)cc1. The van der Waals surface area contributed by atoms with Gasteiger partial charge in [-0.25, -0.2) is 0 Å². The number of anilines is 1. The first-order valence-corrected chi connectivity index (χ1v) is 8.00. The van der Waals surface area contributed by atoms with E-state index >= 15 is 0 Å². The average Bonchev–Trinajstić information content (AvgIpc) is 2.98. The summed E-state index contributed by atoms with van der Waals surface area (Å²) in [4.78, 5) is 0. The lowest BCUT2D eigenvalue weighted by Gasteiger charge is -2.24. The molecule has 2 unspecified atom stereocenters. The number of hydrogen-bond acceptors (Lipinski definition) is 4. The fraction of sp³-hybridized carbons (Fsp3) is 0.188. The molecule has 2 aromatic carbocycles. The molecule has 0 bridgehead atoms. The Morgan fingerprint density at radius 3 is 2.52 bits per heavy atom. The minimum atomic E-state index is -2.06. The van der Waals surface area contributed by atoms with Gasteiger partial charge < -0.3 is 4.55 Å². The van der Waals surface area contributed by atoms with Gasteiger partial charge in [-0.2, -0.15) is 5.10 Å². The second-order valence-electron chi connectivity index (χ2n) is 4.92. The van der Waals surface area contributed by atoms with Gasteiger partial charge in [-0.15, -0.1) is 0 Å². The van der Waals surface area contributed by atoms with Crippen molar-refractivity contribution >= 4 is 23.0 Å². The zero-order chi connectivity index (χ0) is 14.7. The first kappa shape index (κ1) is 14.0. The second-order valence-corrected chi connectivity index (χ2v) is 5.82. The van der Waals surface area contributed by atoms with Gasteiger partial charge >= 0.3 is 0 Å². The van der Waals surface area contributed by atoms with Gasteiger partial charge in [-0.1, -0.05) is 53.5 Å². The maximum atomic E-state index is 10.7. The summed E-state index contributed by atoms with van der Waals surface area (Å²) in [5, 5.41) is 6.42. The summed E-state index contributed by atoms with van der Waals surface area (Å²) < 4.78 is 21.4. The standard InChI is InChI=1S/C16H16N2O2S/c19-21(20)12-13-6-8-15(9-7-13)18-16(10-11-17-18)14-4-2-1-3-5-14/h1-9,11,16H,10,12H2,(H,19,20)/p-1. The van der Waals surface area contributed by atoms with E-state index in [4.69, 9.17) is 0 Å². The highest BCUT2D eigenvalue weighted by molar-refractivity contribution is 7.78. The topological polar surface area (TPSA) is 55.7 Å². The summed E-state index contributed by atoms with van der Waals surface area (Å²) in [6, 6.07) is 18.0. The summed E-state index contributed by atoms with van der Waals surface area (Å²) in [5.74, 6) is 0.0473. The van der Waals surface area contributed by atoms with Crippen LogP contribution in [0.25, 0.3) is 0 Å². The van der Waals surface area contributed by atoms with Crippen LogP contribution in [0.1, 0.15) is 23.6 Å². The Bertz CT molecular complexity index is 656. The maximum Gasteiger partial charge on any atom is 0.0825 e. The number of hydrazone groups is 1. The van der Waals surface area contributed by atoms with Gasteiger partial charge in [0.25, 0.3) is 0 Å². The Balaban J connectivity index is 1.82. The molecule has 1 aliphatic rings. The first-order chi connectivity index (χ1) is 10.2. The quantitative estimate of drug-likeness (QED) is 0.815. The van der Waals surface area contributed by atoms with E-state index in [0.717, 1.165) is 17.7 Å². The van der Waals surface area contributed by atoms with E-state index in [9.17, 15) is 8.76 Å². The molecule has 21 heavy (non-hydrogen) atoms. The van der Waals surface area contributed by atoms with Crippen LogP contribution < -0.4 is 5.01 Å². The molecule has 5 heteroatoms. The third kappa shape index (κ3) is 3.20. The van der Waals surface area contributed by atoms with E-state index in [1.807, 2.05) is 53.7 Å². The molecule has 0 aliphatic carbocycles. The maximum absolute atomic E-state index is 10.7. The van der Waals surface area contributed by atoms with Crippen molar-refractivity contribution < 1.29 is 8.76 Å². The van der Waals surface area contributed by atoms with Gasteiger partial charge in [-0.3, -0.25) is 9.22 Å². The second kappa shape index (κ2) is 6.20. The molecule has 2 atom stereocenters. The van der Waals surface area contributed by atoms with E-state index in [1.165, 1.54) is 5.56 Å². The molecule has 0 spiro atoms. The Morgan fingerprint density at radius 1 is 1.14 bits per heavy atom. The van der Waals surface area contributed by atoms with Crippen molar-refractivity contribution in [3.05, 3.63) is 65.7 Å². The van der Waals surface area contributed by atoms with E-state index in [0.29, 0.717) is 0 Å². The van der Waals surface area contributed by atoms with Gasteiger partial charge in [0.2, 0.25) is 0 Å². The summed E-state index contributed by atoms with van der Waals surface area (Å²) in [7, 11) is 0. The van der Waals surface area contributed by atoms with Crippen molar-refractivity contribution in [2.75, 3.05) is 5.01 Å². The zero-order valence-corrected chi connectivity index (χ0v) is 12.2. The van der Waals surface area contributed by atoms with Crippen LogP contribution >= 0.6 is 0 Å². The van der Waals surface area contributed by atoms with Crippen molar-refractivity contribution in [3.63, 3.8) is 0 Å². The molecule has 0 amide bonds. The highest BCUT2D eigenvalue weighted by Gasteiger charge is 2.23. The largest absolute Gasteiger partial charge is 0.772 e. The summed E-state index contributed by atoms with van der Waals surface area (Å²) in [6.45, 7) is 0. The first-order valence-electron chi connectivity index (χ1n) is 6.75. The van der Waals surface area contributed by atoms with Crippen LogP contribution in [-0.4, -0.2) is 15.0 Å². The van der Waals surface area contributed by atoms with Gasteiger partial charge in [0.05, 0.1) is 11.7 Å². The van der Waals surface area contributed by atoms with Crippen molar-refractivity contribution in [1.82, 2.24) is 0 Å². The fourth-order valence-corrected chi connectivity index (χ4v) is 2.96. The smallest absolute Gasteiger partial charge is 0.0825 e. The normalized spacial score (nSPS) is 18.9. The minimum absolute atomic E-state index is 0.0473. The van der Waals surface area contributed by atoms with Crippen LogP contribution in [0, 0.1) is 0 Å². The van der Waals surface area contributed by atoms with Crippen LogP contribution in [0.15, 0.2) is 59.7 Å². The number of benzene rings is 2. The highest BCUT2D eigenvalue weighted by atomic mass is 32.2. The summed E-state index contributed by atoms with van der Waals surface area (Å²) in [6.07, 6.45) is 2.79. The van der Waals surface area contributed by atoms with Crippen LogP contribution in [0.2, 0.25) is 0 Å². The number of hydrogen-bond donors (Lipinski definition) is 0. The molecule has 1 aliphatic heterocycles. The molecular formula is C16H15N2O2S-. The summed E-state index contributed by atoms with van der Waals surface area (Å²) in [5.41, 5.74) is 2.98. The predicted molar refractivity (Wildman–Crippen MR) is 83.8 cm³/mol. The number of nitrogens with zero attached hydrogens (tertiary/aromatic N) is 2. The molecule has 0 saturated heterocycles. The third-order valence-corrected chi connectivity index (χ3v) is 4.07. The molecule has 3 rings (SSSR count). The fourth-order valence-electron chi connectivity index (χ4n) is 2.50. The lowest BCUT2D eigenvalue weighted by atomic mass is 10.0. The highest BCUT2D eigenvalue weighted by Crippen LogP contribution is 2.33. The lowest BCUT2D eigenvalue weighted by Crippen LogP contribution is -2.18. The molecule has 0 radical (unpaired) electrons. The molecule has 1 heterocycles. The van der Waals surface area contributed by atoms with E-state index < -0.39 is 11.1 Å². The molecule has 2 aromatic rings. The molecule has 0 saturated carbocycles. The van der Waals surface area contributed by atoms with Crippen LogP contribution in [0.5, 0.6) is 0 Å². The molecule has 0 fully saturated rings. The van der Waals surface area contributed by atoms with Crippen LogP contribution in [0.3, 0.4) is 0 Å². The molecular weight excluding hydrogens is 284 g/mol. The van der Waals surface area contributed by atoms with Crippen molar-refractivity contribution in [2.45, 2.75) is 18.2 Å². The van der Waals surface area contributed by atoms with Crippen molar-refractivity contribution in [1.29, 1.82) is 0 Å². The van der Waals surface area contributed by atoms with Crippen LogP contribution in [-0.2, 0) is 16.8 Å².